The first-order chi connectivity index (χ1) is 12.7. The van der Waals surface area contributed by atoms with Gasteiger partial charge in [-0.1, -0.05) is 12.1 Å². The number of nitrogens with zero attached hydrogens (tertiary/aromatic N) is 4. The summed E-state index contributed by atoms with van der Waals surface area (Å²) in [6.07, 6.45) is 1.85. The highest BCUT2D eigenvalue weighted by atomic mass is 16.5. The number of guanidine groups is 1. The molecule has 1 fully saturated rings. The Kier molecular flexibility index (Phi) is 5.94. The molecule has 0 saturated carbocycles. The van der Waals surface area contributed by atoms with Gasteiger partial charge in [0.05, 0.1) is 7.11 Å². The highest BCUT2D eigenvalue weighted by Gasteiger charge is 2.20. The molecule has 1 aliphatic rings. The Morgan fingerprint density at radius 2 is 2.00 bits per heavy atom. The fourth-order valence-electron chi connectivity index (χ4n) is 3.25. The van der Waals surface area contributed by atoms with E-state index in [1.165, 1.54) is 11.1 Å². The Labute approximate surface area is 155 Å². The van der Waals surface area contributed by atoms with Crippen LogP contribution in [0.1, 0.15) is 11.1 Å². The number of piperazine rings is 1. The fraction of sp³-hybridized carbons (Fsp3) is 0.400. The molecule has 6 nitrogen and oxygen atoms in total. The average Bonchev–Trinajstić information content (AvgIpc) is 2.69. The summed E-state index contributed by atoms with van der Waals surface area (Å²) in [6.45, 7) is 6.54. The molecule has 1 N–H and O–H groups in total. The van der Waals surface area contributed by atoms with Crippen molar-refractivity contribution >= 4 is 11.8 Å². The van der Waals surface area contributed by atoms with Crippen LogP contribution in [0.2, 0.25) is 0 Å². The van der Waals surface area contributed by atoms with E-state index in [-0.39, 0.29) is 0 Å². The minimum absolute atomic E-state index is 0.727. The monoisotopic (exact) mass is 353 g/mol. The molecular formula is C20H27N5O. The van der Waals surface area contributed by atoms with Crippen molar-refractivity contribution in [3.8, 4) is 5.75 Å². The lowest BCUT2D eigenvalue weighted by molar-refractivity contribution is 0.371. The van der Waals surface area contributed by atoms with Gasteiger partial charge in [-0.15, -0.1) is 0 Å². The molecule has 1 aromatic heterocycles. The molecule has 138 valence electrons. The highest BCUT2D eigenvalue weighted by Crippen LogP contribution is 2.17. The lowest BCUT2D eigenvalue weighted by Gasteiger charge is -2.37. The maximum absolute atomic E-state index is 5.36. The first kappa shape index (κ1) is 18.0. The first-order valence-corrected chi connectivity index (χ1v) is 8.95. The smallest absolute Gasteiger partial charge is 0.194 e. The van der Waals surface area contributed by atoms with Crippen molar-refractivity contribution in [2.45, 2.75) is 13.5 Å². The van der Waals surface area contributed by atoms with Crippen LogP contribution in [-0.4, -0.2) is 56.2 Å². The lowest BCUT2D eigenvalue weighted by Crippen LogP contribution is -2.52. The zero-order chi connectivity index (χ0) is 18.4. The molecule has 2 aromatic rings. The molecule has 0 unspecified atom stereocenters. The summed E-state index contributed by atoms with van der Waals surface area (Å²) in [5.41, 5.74) is 2.38. The van der Waals surface area contributed by atoms with Crippen molar-refractivity contribution < 1.29 is 4.74 Å². The second-order valence-corrected chi connectivity index (χ2v) is 6.42. The van der Waals surface area contributed by atoms with Crippen LogP contribution in [0.25, 0.3) is 0 Å². The van der Waals surface area contributed by atoms with E-state index in [1.807, 2.05) is 31.4 Å². The van der Waals surface area contributed by atoms with Crippen molar-refractivity contribution in [2.75, 3.05) is 45.2 Å². The Morgan fingerprint density at radius 3 is 2.65 bits per heavy atom. The summed E-state index contributed by atoms with van der Waals surface area (Å²) in [6, 6.07) is 12.3. The van der Waals surface area contributed by atoms with Crippen molar-refractivity contribution in [3.05, 3.63) is 53.7 Å². The van der Waals surface area contributed by atoms with Gasteiger partial charge in [0.2, 0.25) is 0 Å². The zero-order valence-electron chi connectivity index (χ0n) is 15.8. The molecule has 1 saturated heterocycles. The molecule has 2 heterocycles. The van der Waals surface area contributed by atoms with Crippen LogP contribution >= 0.6 is 0 Å². The molecule has 0 atom stereocenters. The van der Waals surface area contributed by atoms with E-state index in [9.17, 15) is 0 Å². The van der Waals surface area contributed by atoms with Crippen molar-refractivity contribution in [2.24, 2.45) is 4.99 Å². The summed E-state index contributed by atoms with van der Waals surface area (Å²) in [5, 5.41) is 3.47. The van der Waals surface area contributed by atoms with E-state index in [0.717, 1.165) is 50.3 Å². The minimum Gasteiger partial charge on any atom is -0.497 e. The maximum Gasteiger partial charge on any atom is 0.194 e. The Balaban J connectivity index is 1.56. The average molecular weight is 353 g/mol. The van der Waals surface area contributed by atoms with Crippen LogP contribution in [0, 0.1) is 6.92 Å². The number of methoxy groups -OCH3 is 1. The van der Waals surface area contributed by atoms with E-state index < -0.39 is 0 Å². The number of ether oxygens (including phenoxy) is 1. The van der Waals surface area contributed by atoms with E-state index in [0.29, 0.717) is 0 Å². The minimum atomic E-state index is 0.727. The molecule has 0 amide bonds. The Hall–Kier alpha value is -2.76. The van der Waals surface area contributed by atoms with Gasteiger partial charge >= 0.3 is 0 Å². The standard InChI is InChI=1S/C20H27N5O/c1-16-12-17(14-18(13-16)26-3)15-23-20(21-2)25-10-8-24(9-11-25)19-6-4-5-7-22-19/h4-7,12-14H,8-11,15H2,1-3H3,(H,21,23). The first-order valence-electron chi connectivity index (χ1n) is 8.95. The molecule has 3 rings (SSSR count). The predicted octanol–water partition coefficient (Wildman–Crippen LogP) is 2.30. The van der Waals surface area contributed by atoms with Gasteiger partial charge in [-0.2, -0.15) is 0 Å². The number of pyridine rings is 1. The predicted molar refractivity (Wildman–Crippen MR) is 106 cm³/mol. The normalized spacial score (nSPS) is 15.1. The van der Waals surface area contributed by atoms with Crippen LogP contribution in [-0.2, 0) is 6.54 Å². The summed E-state index contributed by atoms with van der Waals surface area (Å²) in [5.74, 6) is 2.87. The van der Waals surface area contributed by atoms with Gasteiger partial charge in [-0.25, -0.2) is 4.98 Å². The second kappa shape index (κ2) is 8.56. The van der Waals surface area contributed by atoms with Gasteiger partial charge in [0, 0.05) is 46.0 Å². The maximum atomic E-state index is 5.36. The summed E-state index contributed by atoms with van der Waals surface area (Å²) >= 11 is 0. The molecule has 0 spiro atoms. The number of hydrogen-bond acceptors (Lipinski definition) is 4. The van der Waals surface area contributed by atoms with E-state index in [4.69, 9.17) is 4.74 Å². The van der Waals surface area contributed by atoms with E-state index in [1.54, 1.807) is 7.11 Å². The molecule has 0 radical (unpaired) electrons. The van der Waals surface area contributed by atoms with Crippen molar-refractivity contribution in [1.29, 1.82) is 0 Å². The Morgan fingerprint density at radius 1 is 1.19 bits per heavy atom. The lowest BCUT2D eigenvalue weighted by atomic mass is 10.1. The second-order valence-electron chi connectivity index (χ2n) is 6.42. The van der Waals surface area contributed by atoms with Crippen molar-refractivity contribution in [1.82, 2.24) is 15.2 Å². The topological polar surface area (TPSA) is 53.0 Å². The van der Waals surface area contributed by atoms with Gasteiger partial charge in [0.15, 0.2) is 5.96 Å². The molecule has 26 heavy (non-hydrogen) atoms. The van der Waals surface area contributed by atoms with Gasteiger partial charge in [-0.3, -0.25) is 4.99 Å². The number of benzene rings is 1. The number of anilines is 1. The number of aliphatic imine (C=N–C) groups is 1. The van der Waals surface area contributed by atoms with Crippen LogP contribution < -0.4 is 15.0 Å². The number of rotatable bonds is 4. The van der Waals surface area contributed by atoms with Gasteiger partial charge < -0.3 is 19.9 Å². The molecule has 0 aliphatic carbocycles. The van der Waals surface area contributed by atoms with Crippen LogP contribution in [0.3, 0.4) is 0 Å². The zero-order valence-corrected chi connectivity index (χ0v) is 15.8. The molecule has 6 heteroatoms. The number of aromatic nitrogens is 1. The van der Waals surface area contributed by atoms with Crippen LogP contribution in [0.15, 0.2) is 47.6 Å². The Bertz CT molecular complexity index is 739. The summed E-state index contributed by atoms with van der Waals surface area (Å²) in [7, 11) is 3.54. The molecule has 0 bridgehead atoms. The summed E-state index contributed by atoms with van der Waals surface area (Å²) in [4.78, 5) is 13.5. The molecular weight excluding hydrogens is 326 g/mol. The quantitative estimate of drug-likeness (QED) is 0.675. The number of hydrogen-bond donors (Lipinski definition) is 1. The van der Waals surface area contributed by atoms with Crippen molar-refractivity contribution in [3.63, 3.8) is 0 Å². The number of aryl methyl sites for hydroxylation is 1. The number of nitrogens with one attached hydrogen (secondary N) is 1. The fourth-order valence-corrected chi connectivity index (χ4v) is 3.25. The highest BCUT2D eigenvalue weighted by molar-refractivity contribution is 5.80. The SMILES string of the molecule is CN=C(NCc1cc(C)cc(OC)c1)N1CCN(c2ccccn2)CC1. The van der Waals surface area contributed by atoms with Gasteiger partial charge in [0.25, 0.3) is 0 Å². The largest absolute Gasteiger partial charge is 0.497 e. The van der Waals surface area contributed by atoms with Gasteiger partial charge in [0.1, 0.15) is 11.6 Å². The van der Waals surface area contributed by atoms with Crippen LogP contribution in [0.5, 0.6) is 5.75 Å². The molecule has 1 aliphatic heterocycles. The third-order valence-electron chi connectivity index (χ3n) is 4.56. The van der Waals surface area contributed by atoms with E-state index >= 15 is 0 Å². The third kappa shape index (κ3) is 4.45. The molecule has 1 aromatic carbocycles. The van der Waals surface area contributed by atoms with Crippen LogP contribution in [0.4, 0.5) is 5.82 Å². The van der Waals surface area contributed by atoms with E-state index in [2.05, 4.69) is 50.2 Å². The third-order valence-corrected chi connectivity index (χ3v) is 4.56. The summed E-state index contributed by atoms with van der Waals surface area (Å²) < 4.78 is 5.36. The van der Waals surface area contributed by atoms with Gasteiger partial charge in [-0.05, 0) is 42.3 Å².